The van der Waals surface area contributed by atoms with Crippen LogP contribution in [0.1, 0.15) is 12.6 Å². The molecule has 1 N–H and O–H groups in total. The van der Waals surface area contributed by atoms with E-state index in [4.69, 9.17) is 4.74 Å². The zero-order chi connectivity index (χ0) is 8.81. The molecule has 12 heavy (non-hydrogen) atoms. The van der Waals surface area contributed by atoms with Gasteiger partial charge in [0.1, 0.15) is 0 Å². The Kier molecular flexibility index (Phi) is 3.47. The van der Waals surface area contributed by atoms with Crippen molar-refractivity contribution in [3.05, 3.63) is 18.0 Å². The van der Waals surface area contributed by atoms with E-state index in [0.29, 0.717) is 12.6 Å². The standard InChI is InChI=1S/C8H13N3O/c1-3-12-8-10-5-4-7(11-8)6-9-2/h4-5,9H,3,6H2,1-2H3. The van der Waals surface area contributed by atoms with Crippen molar-refractivity contribution in [2.75, 3.05) is 13.7 Å². The quantitative estimate of drug-likeness (QED) is 0.713. The minimum Gasteiger partial charge on any atom is -0.464 e. The van der Waals surface area contributed by atoms with Crippen LogP contribution in [0.4, 0.5) is 0 Å². The van der Waals surface area contributed by atoms with Gasteiger partial charge in [-0.2, -0.15) is 4.98 Å². The summed E-state index contributed by atoms with van der Waals surface area (Å²) in [5.41, 5.74) is 0.941. The molecule has 1 heterocycles. The highest BCUT2D eigenvalue weighted by Gasteiger charge is 1.97. The van der Waals surface area contributed by atoms with Gasteiger partial charge in [-0.3, -0.25) is 0 Å². The van der Waals surface area contributed by atoms with Crippen molar-refractivity contribution in [1.29, 1.82) is 0 Å². The predicted molar refractivity (Wildman–Crippen MR) is 46.0 cm³/mol. The minimum absolute atomic E-state index is 0.449. The maximum absolute atomic E-state index is 5.14. The van der Waals surface area contributed by atoms with Crippen LogP contribution < -0.4 is 10.1 Å². The molecule has 0 saturated heterocycles. The Morgan fingerprint density at radius 3 is 3.08 bits per heavy atom. The molecule has 4 heteroatoms. The molecule has 1 aromatic rings. The summed E-state index contributed by atoms with van der Waals surface area (Å²) in [5, 5.41) is 3.01. The van der Waals surface area contributed by atoms with Crippen molar-refractivity contribution in [2.24, 2.45) is 0 Å². The summed E-state index contributed by atoms with van der Waals surface area (Å²) in [5.74, 6) is 0. The highest BCUT2D eigenvalue weighted by atomic mass is 16.5. The Morgan fingerprint density at radius 2 is 2.42 bits per heavy atom. The molecule has 0 aromatic carbocycles. The van der Waals surface area contributed by atoms with Gasteiger partial charge in [-0.25, -0.2) is 4.98 Å². The van der Waals surface area contributed by atoms with Crippen LogP contribution in [0, 0.1) is 0 Å². The van der Waals surface area contributed by atoms with E-state index in [9.17, 15) is 0 Å². The van der Waals surface area contributed by atoms with Crippen LogP contribution in [0.15, 0.2) is 12.3 Å². The van der Waals surface area contributed by atoms with Gasteiger partial charge in [0.2, 0.25) is 0 Å². The predicted octanol–water partition coefficient (Wildman–Crippen LogP) is 0.595. The molecule has 4 nitrogen and oxygen atoms in total. The van der Waals surface area contributed by atoms with Crippen LogP contribution in [0.5, 0.6) is 6.01 Å². The first-order valence-electron chi connectivity index (χ1n) is 3.96. The summed E-state index contributed by atoms with van der Waals surface area (Å²) in [6.07, 6.45) is 1.70. The molecule has 0 radical (unpaired) electrons. The van der Waals surface area contributed by atoms with E-state index in [1.165, 1.54) is 0 Å². The van der Waals surface area contributed by atoms with Gasteiger partial charge in [-0.1, -0.05) is 0 Å². The Hall–Kier alpha value is -1.16. The van der Waals surface area contributed by atoms with Crippen molar-refractivity contribution >= 4 is 0 Å². The van der Waals surface area contributed by atoms with Crippen molar-refractivity contribution in [3.8, 4) is 6.01 Å². The van der Waals surface area contributed by atoms with Gasteiger partial charge in [0, 0.05) is 12.7 Å². The Bertz CT molecular complexity index is 218. The Labute approximate surface area is 72.0 Å². The van der Waals surface area contributed by atoms with E-state index >= 15 is 0 Å². The fourth-order valence-electron chi connectivity index (χ4n) is 0.854. The summed E-state index contributed by atoms with van der Waals surface area (Å²) >= 11 is 0. The maximum Gasteiger partial charge on any atom is 0.316 e. The summed E-state index contributed by atoms with van der Waals surface area (Å²) in [6.45, 7) is 3.25. The Balaban J connectivity index is 2.67. The number of nitrogens with one attached hydrogen (secondary N) is 1. The smallest absolute Gasteiger partial charge is 0.316 e. The lowest BCUT2D eigenvalue weighted by Gasteiger charge is -2.02. The van der Waals surface area contributed by atoms with Gasteiger partial charge in [0.15, 0.2) is 0 Å². The van der Waals surface area contributed by atoms with Crippen molar-refractivity contribution in [1.82, 2.24) is 15.3 Å². The number of aromatic nitrogens is 2. The van der Waals surface area contributed by atoms with Gasteiger partial charge in [-0.05, 0) is 20.0 Å². The van der Waals surface area contributed by atoms with Gasteiger partial charge in [-0.15, -0.1) is 0 Å². The molecule has 1 aromatic heterocycles. The molecule has 0 fully saturated rings. The van der Waals surface area contributed by atoms with Crippen LogP contribution in [-0.4, -0.2) is 23.6 Å². The molecule has 0 spiro atoms. The second kappa shape index (κ2) is 4.66. The molecular formula is C8H13N3O. The van der Waals surface area contributed by atoms with E-state index in [2.05, 4.69) is 15.3 Å². The number of ether oxygens (including phenoxy) is 1. The van der Waals surface area contributed by atoms with E-state index < -0.39 is 0 Å². The molecule has 0 aliphatic heterocycles. The Morgan fingerprint density at radius 1 is 1.58 bits per heavy atom. The van der Waals surface area contributed by atoms with E-state index in [0.717, 1.165) is 12.2 Å². The number of rotatable bonds is 4. The van der Waals surface area contributed by atoms with Crippen LogP contribution >= 0.6 is 0 Å². The first kappa shape index (κ1) is 8.93. The van der Waals surface area contributed by atoms with Crippen molar-refractivity contribution < 1.29 is 4.74 Å². The topological polar surface area (TPSA) is 47.0 Å². The van der Waals surface area contributed by atoms with Gasteiger partial charge < -0.3 is 10.1 Å². The first-order valence-corrected chi connectivity index (χ1v) is 3.96. The molecular weight excluding hydrogens is 154 g/mol. The fraction of sp³-hybridized carbons (Fsp3) is 0.500. The fourth-order valence-corrected chi connectivity index (χ4v) is 0.854. The molecule has 0 aliphatic carbocycles. The molecule has 0 saturated carbocycles. The minimum atomic E-state index is 0.449. The molecule has 0 amide bonds. The largest absolute Gasteiger partial charge is 0.464 e. The lowest BCUT2D eigenvalue weighted by Crippen LogP contribution is -2.08. The zero-order valence-electron chi connectivity index (χ0n) is 7.37. The average Bonchev–Trinajstić information content (AvgIpc) is 2.06. The summed E-state index contributed by atoms with van der Waals surface area (Å²) in [7, 11) is 1.88. The van der Waals surface area contributed by atoms with E-state index in [1.54, 1.807) is 6.20 Å². The molecule has 0 unspecified atom stereocenters. The highest BCUT2D eigenvalue weighted by molar-refractivity contribution is 5.04. The molecule has 0 atom stereocenters. The van der Waals surface area contributed by atoms with Gasteiger partial charge in [0.05, 0.1) is 12.3 Å². The van der Waals surface area contributed by atoms with Gasteiger partial charge >= 0.3 is 6.01 Å². The molecule has 0 bridgehead atoms. The summed E-state index contributed by atoms with van der Waals surface area (Å²) in [6, 6.07) is 2.31. The number of nitrogens with zero attached hydrogens (tertiary/aromatic N) is 2. The average molecular weight is 167 g/mol. The third-order valence-corrected chi connectivity index (χ3v) is 1.32. The molecule has 0 aliphatic rings. The SMILES string of the molecule is CCOc1nccc(CNC)n1. The second-order valence-electron chi connectivity index (χ2n) is 2.29. The highest BCUT2D eigenvalue weighted by Crippen LogP contribution is 2.01. The van der Waals surface area contributed by atoms with E-state index in [1.807, 2.05) is 20.0 Å². The van der Waals surface area contributed by atoms with Crippen molar-refractivity contribution in [2.45, 2.75) is 13.5 Å². The normalized spacial score (nSPS) is 9.83. The maximum atomic E-state index is 5.14. The lowest BCUT2D eigenvalue weighted by molar-refractivity contribution is 0.311. The third-order valence-electron chi connectivity index (χ3n) is 1.32. The van der Waals surface area contributed by atoms with Crippen LogP contribution in [0.25, 0.3) is 0 Å². The number of hydrogen-bond donors (Lipinski definition) is 1. The van der Waals surface area contributed by atoms with Crippen LogP contribution in [-0.2, 0) is 6.54 Å². The monoisotopic (exact) mass is 167 g/mol. The van der Waals surface area contributed by atoms with Gasteiger partial charge in [0.25, 0.3) is 0 Å². The lowest BCUT2D eigenvalue weighted by atomic mass is 10.4. The van der Waals surface area contributed by atoms with Crippen molar-refractivity contribution in [3.63, 3.8) is 0 Å². The zero-order valence-corrected chi connectivity index (χ0v) is 7.37. The number of hydrogen-bond acceptors (Lipinski definition) is 4. The summed E-state index contributed by atoms with van der Waals surface area (Å²) < 4.78 is 5.14. The second-order valence-corrected chi connectivity index (χ2v) is 2.29. The third kappa shape index (κ3) is 2.47. The van der Waals surface area contributed by atoms with E-state index in [-0.39, 0.29) is 0 Å². The summed E-state index contributed by atoms with van der Waals surface area (Å²) in [4.78, 5) is 8.11. The molecule has 66 valence electrons. The first-order chi connectivity index (χ1) is 5.86. The van der Waals surface area contributed by atoms with Crippen LogP contribution in [0.3, 0.4) is 0 Å². The molecule has 1 rings (SSSR count). The van der Waals surface area contributed by atoms with Crippen LogP contribution in [0.2, 0.25) is 0 Å².